The summed E-state index contributed by atoms with van der Waals surface area (Å²) in [5.41, 5.74) is 1.47. The SMILES string of the molecule is CCCC[C@H](NC(=O)COc1ccc2c(CC)cc(=O)oc2c1C)C(=O)[O-]. The Bertz CT molecular complexity index is 886. The predicted molar refractivity (Wildman–Crippen MR) is 98.6 cm³/mol. The van der Waals surface area contributed by atoms with Crippen molar-refractivity contribution in [2.75, 3.05) is 6.61 Å². The maximum absolute atomic E-state index is 12.0. The zero-order valence-corrected chi connectivity index (χ0v) is 15.8. The number of rotatable bonds is 9. The molecule has 0 fully saturated rings. The van der Waals surface area contributed by atoms with E-state index in [2.05, 4.69) is 5.32 Å². The third-order valence-electron chi connectivity index (χ3n) is 4.40. The Kier molecular flexibility index (Phi) is 6.98. The Morgan fingerprint density at radius 3 is 2.67 bits per heavy atom. The lowest BCUT2D eigenvalue weighted by molar-refractivity contribution is -0.308. The molecule has 0 radical (unpaired) electrons. The van der Waals surface area contributed by atoms with Gasteiger partial charge in [-0.05, 0) is 37.5 Å². The Morgan fingerprint density at radius 2 is 2.04 bits per heavy atom. The summed E-state index contributed by atoms with van der Waals surface area (Å²) >= 11 is 0. The number of fused-ring (bicyclic) bond motifs is 1. The van der Waals surface area contributed by atoms with Gasteiger partial charge in [-0.2, -0.15) is 0 Å². The van der Waals surface area contributed by atoms with E-state index in [1.165, 1.54) is 6.07 Å². The number of aliphatic carboxylic acids is 1. The third kappa shape index (κ3) is 5.09. The van der Waals surface area contributed by atoms with Crippen LogP contribution in [0.4, 0.5) is 0 Å². The highest BCUT2D eigenvalue weighted by molar-refractivity contribution is 5.86. The number of aryl methyl sites for hydroxylation is 2. The number of benzene rings is 1. The normalized spacial score (nSPS) is 12.0. The van der Waals surface area contributed by atoms with Crippen molar-refractivity contribution in [3.8, 4) is 5.75 Å². The summed E-state index contributed by atoms with van der Waals surface area (Å²) in [6.07, 6.45) is 2.48. The lowest BCUT2D eigenvalue weighted by Gasteiger charge is -2.19. The Labute approximate surface area is 157 Å². The zero-order valence-electron chi connectivity index (χ0n) is 15.8. The fraction of sp³-hybridized carbons (Fsp3) is 0.450. The summed E-state index contributed by atoms with van der Waals surface area (Å²) in [5.74, 6) is -1.47. The van der Waals surface area contributed by atoms with Crippen molar-refractivity contribution in [3.05, 3.63) is 39.7 Å². The fourth-order valence-corrected chi connectivity index (χ4v) is 2.89. The molecule has 0 aliphatic heterocycles. The molecular weight excluding hydrogens is 350 g/mol. The highest BCUT2D eigenvalue weighted by atomic mass is 16.5. The molecule has 7 heteroatoms. The number of nitrogens with one attached hydrogen (secondary N) is 1. The highest BCUT2D eigenvalue weighted by Gasteiger charge is 2.15. The molecule has 1 atom stereocenters. The first-order chi connectivity index (χ1) is 12.9. The number of unbranched alkanes of at least 4 members (excludes halogenated alkanes) is 1. The van der Waals surface area contributed by atoms with Crippen LogP contribution in [0.1, 0.15) is 44.2 Å². The van der Waals surface area contributed by atoms with Crippen LogP contribution in [0, 0.1) is 6.92 Å². The fourth-order valence-electron chi connectivity index (χ4n) is 2.89. The average molecular weight is 374 g/mol. The molecule has 27 heavy (non-hydrogen) atoms. The number of ether oxygens (including phenoxy) is 1. The van der Waals surface area contributed by atoms with Crippen molar-refractivity contribution in [2.24, 2.45) is 0 Å². The van der Waals surface area contributed by atoms with Crippen molar-refractivity contribution in [2.45, 2.75) is 52.5 Å². The predicted octanol–water partition coefficient (Wildman–Crippen LogP) is 1.47. The van der Waals surface area contributed by atoms with Gasteiger partial charge < -0.3 is 24.4 Å². The minimum absolute atomic E-state index is 0.310. The van der Waals surface area contributed by atoms with E-state index in [1.807, 2.05) is 13.8 Å². The van der Waals surface area contributed by atoms with Crippen LogP contribution in [0.3, 0.4) is 0 Å². The van der Waals surface area contributed by atoms with Crippen molar-refractivity contribution >= 4 is 22.8 Å². The van der Waals surface area contributed by atoms with Crippen LogP contribution >= 0.6 is 0 Å². The molecule has 2 rings (SSSR count). The number of carbonyl (C=O) groups excluding carboxylic acids is 2. The second-order valence-electron chi connectivity index (χ2n) is 6.38. The minimum Gasteiger partial charge on any atom is -0.548 e. The Balaban J connectivity index is 2.12. The maximum Gasteiger partial charge on any atom is 0.336 e. The molecule has 0 spiro atoms. The van der Waals surface area contributed by atoms with E-state index in [9.17, 15) is 19.5 Å². The van der Waals surface area contributed by atoms with Gasteiger partial charge in [0.05, 0.1) is 12.0 Å². The van der Waals surface area contributed by atoms with E-state index in [4.69, 9.17) is 9.15 Å². The van der Waals surface area contributed by atoms with Gasteiger partial charge in [0.1, 0.15) is 11.3 Å². The van der Waals surface area contributed by atoms with Crippen LogP contribution < -0.4 is 20.8 Å². The van der Waals surface area contributed by atoms with E-state index in [0.29, 0.717) is 36.2 Å². The number of amides is 1. The molecule has 0 saturated carbocycles. The van der Waals surface area contributed by atoms with E-state index in [-0.39, 0.29) is 6.61 Å². The highest BCUT2D eigenvalue weighted by Crippen LogP contribution is 2.28. The number of carboxylic acid groups (broad SMARTS) is 1. The van der Waals surface area contributed by atoms with Gasteiger partial charge in [-0.3, -0.25) is 4.79 Å². The van der Waals surface area contributed by atoms with Crippen molar-refractivity contribution in [1.29, 1.82) is 0 Å². The largest absolute Gasteiger partial charge is 0.548 e. The summed E-state index contributed by atoms with van der Waals surface area (Å²) < 4.78 is 10.8. The quantitative estimate of drug-likeness (QED) is 0.666. The Hall–Kier alpha value is -2.83. The van der Waals surface area contributed by atoms with E-state index >= 15 is 0 Å². The second-order valence-corrected chi connectivity index (χ2v) is 6.38. The molecule has 146 valence electrons. The van der Waals surface area contributed by atoms with Gasteiger partial charge in [-0.25, -0.2) is 4.79 Å². The average Bonchev–Trinajstić information content (AvgIpc) is 2.64. The van der Waals surface area contributed by atoms with Gasteiger partial charge in [0.15, 0.2) is 6.61 Å². The lowest BCUT2D eigenvalue weighted by Crippen LogP contribution is -2.49. The topological polar surface area (TPSA) is 109 Å². The van der Waals surface area contributed by atoms with Gasteiger partial charge in [0, 0.05) is 17.0 Å². The number of carboxylic acids is 1. The van der Waals surface area contributed by atoms with Crippen LogP contribution in [0.2, 0.25) is 0 Å². The molecule has 1 aromatic carbocycles. The van der Waals surface area contributed by atoms with Crippen molar-refractivity contribution in [3.63, 3.8) is 0 Å². The molecule has 1 aromatic heterocycles. The minimum atomic E-state index is -1.31. The number of hydrogen-bond acceptors (Lipinski definition) is 6. The van der Waals surface area contributed by atoms with Crippen LogP contribution in [0.15, 0.2) is 27.4 Å². The van der Waals surface area contributed by atoms with Crippen LogP contribution in [-0.2, 0) is 16.0 Å². The first-order valence-electron chi connectivity index (χ1n) is 9.06. The standard InChI is InChI=1S/C20H25NO6/c1-4-6-7-15(20(24)25)21-17(22)11-26-16-9-8-14-13(5-2)10-18(23)27-19(14)12(16)3/h8-10,15H,4-7,11H2,1-3H3,(H,21,22)(H,24,25)/p-1/t15-/m0/s1. The first kappa shape index (κ1) is 20.5. The Morgan fingerprint density at radius 1 is 1.30 bits per heavy atom. The molecule has 0 aliphatic rings. The summed E-state index contributed by atoms with van der Waals surface area (Å²) in [6.45, 7) is 5.27. The molecule has 1 amide bonds. The van der Waals surface area contributed by atoms with E-state index in [0.717, 1.165) is 17.4 Å². The van der Waals surface area contributed by atoms with Gasteiger partial charge >= 0.3 is 5.63 Å². The summed E-state index contributed by atoms with van der Waals surface area (Å²) in [6, 6.07) is 3.91. The van der Waals surface area contributed by atoms with Gasteiger partial charge in [-0.15, -0.1) is 0 Å². The summed E-state index contributed by atoms with van der Waals surface area (Å²) in [7, 11) is 0. The molecule has 0 aliphatic carbocycles. The van der Waals surface area contributed by atoms with Crippen LogP contribution in [0.25, 0.3) is 11.0 Å². The lowest BCUT2D eigenvalue weighted by atomic mass is 10.0. The molecule has 2 aromatic rings. The molecule has 7 nitrogen and oxygen atoms in total. The summed E-state index contributed by atoms with van der Waals surface area (Å²) in [4.78, 5) is 34.9. The first-order valence-corrected chi connectivity index (χ1v) is 9.06. The maximum atomic E-state index is 12.0. The smallest absolute Gasteiger partial charge is 0.336 e. The molecule has 0 saturated heterocycles. The monoisotopic (exact) mass is 374 g/mol. The molecule has 0 unspecified atom stereocenters. The molecule has 1 N–H and O–H groups in total. The second kappa shape index (κ2) is 9.21. The summed E-state index contributed by atoms with van der Waals surface area (Å²) in [5, 5.41) is 14.3. The molecular formula is C20H24NO6-. The third-order valence-corrected chi connectivity index (χ3v) is 4.40. The van der Waals surface area contributed by atoms with Crippen molar-refractivity contribution in [1.82, 2.24) is 5.32 Å². The van der Waals surface area contributed by atoms with Crippen LogP contribution in [0.5, 0.6) is 5.75 Å². The number of carbonyl (C=O) groups is 2. The molecule has 1 heterocycles. The van der Waals surface area contributed by atoms with Gasteiger partial charge in [0.25, 0.3) is 5.91 Å². The van der Waals surface area contributed by atoms with E-state index in [1.54, 1.807) is 19.1 Å². The van der Waals surface area contributed by atoms with Gasteiger partial charge in [0.2, 0.25) is 0 Å². The van der Waals surface area contributed by atoms with E-state index < -0.39 is 23.5 Å². The van der Waals surface area contributed by atoms with Crippen LogP contribution in [-0.4, -0.2) is 24.5 Å². The zero-order chi connectivity index (χ0) is 20.0. The van der Waals surface area contributed by atoms with Crippen molar-refractivity contribution < 1.29 is 23.8 Å². The number of hydrogen-bond donors (Lipinski definition) is 1. The van der Waals surface area contributed by atoms with Gasteiger partial charge in [-0.1, -0.05) is 26.7 Å². The molecule has 0 bridgehead atoms.